The highest BCUT2D eigenvalue weighted by atomic mass is 35.5. The number of nitrogens with zero attached hydrogens (tertiary/aromatic N) is 1. The lowest BCUT2D eigenvalue weighted by molar-refractivity contribution is -0.274. The standard InChI is InChI=1S/C21H20Cl2F4N2O5S/c1-35(31,32)28-20(30)14-10-16(23)19(11-17(14)24)33-8-6-12-3-2-7-29(12)13-4-5-18(15(22)9-13)34-21(25,26)27/h4-5,9-12H,2-3,6-8H2,1H3,(H,28,30)/t12-/m1/s1. The molecule has 1 saturated heterocycles. The quantitative estimate of drug-likeness (QED) is 0.450. The summed E-state index contributed by atoms with van der Waals surface area (Å²) in [6, 6.07) is 5.88. The van der Waals surface area contributed by atoms with Crippen molar-refractivity contribution < 1.29 is 40.2 Å². The number of alkyl halides is 3. The largest absolute Gasteiger partial charge is 0.573 e. The predicted molar refractivity (Wildman–Crippen MR) is 122 cm³/mol. The van der Waals surface area contributed by atoms with Crippen molar-refractivity contribution in [3.63, 3.8) is 0 Å². The zero-order valence-corrected chi connectivity index (χ0v) is 20.5. The molecule has 0 unspecified atom stereocenters. The van der Waals surface area contributed by atoms with E-state index in [1.165, 1.54) is 12.1 Å². The summed E-state index contributed by atoms with van der Waals surface area (Å²) in [6.45, 7) is 0.776. The molecule has 1 amide bonds. The first-order chi connectivity index (χ1) is 16.2. The van der Waals surface area contributed by atoms with Gasteiger partial charge in [-0.3, -0.25) is 4.79 Å². The number of anilines is 1. The molecule has 192 valence electrons. The van der Waals surface area contributed by atoms with Gasteiger partial charge in [-0.2, -0.15) is 0 Å². The number of amides is 1. The third-order valence-electron chi connectivity index (χ3n) is 5.10. The van der Waals surface area contributed by atoms with Crippen molar-refractivity contribution in [2.45, 2.75) is 31.7 Å². The van der Waals surface area contributed by atoms with E-state index in [1.807, 2.05) is 4.90 Å². The molecule has 1 aliphatic rings. The van der Waals surface area contributed by atoms with Gasteiger partial charge in [0.25, 0.3) is 5.91 Å². The summed E-state index contributed by atoms with van der Waals surface area (Å²) in [5.41, 5.74) is 0.0712. The van der Waals surface area contributed by atoms with E-state index in [-0.39, 0.29) is 28.4 Å². The van der Waals surface area contributed by atoms with E-state index in [0.29, 0.717) is 18.7 Å². The number of hydrogen-bond acceptors (Lipinski definition) is 6. The SMILES string of the molecule is CS(=O)(=O)NC(=O)c1cc(Cl)c(OCC[C@H]2CCCN2c2ccc(OC(F)(F)F)c(Cl)c2)cc1F. The van der Waals surface area contributed by atoms with Gasteiger partial charge < -0.3 is 14.4 Å². The minimum absolute atomic E-state index is 0.0242. The molecule has 2 aromatic rings. The minimum atomic E-state index is -4.85. The van der Waals surface area contributed by atoms with E-state index < -0.39 is 39.4 Å². The number of benzene rings is 2. The molecule has 3 rings (SSSR count). The number of nitrogens with one attached hydrogen (secondary N) is 1. The molecule has 1 N–H and O–H groups in total. The van der Waals surface area contributed by atoms with Crippen LogP contribution in [-0.4, -0.2) is 46.1 Å². The normalized spacial score (nSPS) is 16.3. The summed E-state index contributed by atoms with van der Waals surface area (Å²) in [5, 5.41) is -0.260. The number of carbonyl (C=O) groups is 1. The molecule has 0 aliphatic carbocycles. The van der Waals surface area contributed by atoms with Gasteiger partial charge in [-0.05, 0) is 37.1 Å². The molecule has 0 bridgehead atoms. The first-order valence-electron chi connectivity index (χ1n) is 10.2. The van der Waals surface area contributed by atoms with E-state index in [9.17, 15) is 30.8 Å². The Balaban J connectivity index is 1.63. The van der Waals surface area contributed by atoms with E-state index in [4.69, 9.17) is 27.9 Å². The molecule has 0 radical (unpaired) electrons. The Hall–Kier alpha value is -2.44. The summed E-state index contributed by atoms with van der Waals surface area (Å²) >= 11 is 12.0. The molecule has 35 heavy (non-hydrogen) atoms. The highest BCUT2D eigenvalue weighted by Gasteiger charge is 2.32. The highest BCUT2D eigenvalue weighted by molar-refractivity contribution is 7.89. The lowest BCUT2D eigenvalue weighted by Crippen LogP contribution is -2.30. The third-order valence-corrected chi connectivity index (χ3v) is 6.25. The maximum Gasteiger partial charge on any atom is 0.573 e. The lowest BCUT2D eigenvalue weighted by atomic mass is 10.1. The van der Waals surface area contributed by atoms with Crippen molar-refractivity contribution in [1.82, 2.24) is 4.72 Å². The molecular weight excluding hydrogens is 539 g/mol. The molecule has 14 heteroatoms. The van der Waals surface area contributed by atoms with Crippen molar-refractivity contribution in [2.24, 2.45) is 0 Å². The summed E-state index contributed by atoms with van der Waals surface area (Å²) in [5.74, 6) is -2.69. The van der Waals surface area contributed by atoms with Crippen LogP contribution in [0.5, 0.6) is 11.5 Å². The Labute approximate surface area is 208 Å². The predicted octanol–water partition coefficient (Wildman–Crippen LogP) is 5.16. The Bertz CT molecular complexity index is 1210. The Morgan fingerprint density at radius 3 is 2.49 bits per heavy atom. The average molecular weight is 559 g/mol. The van der Waals surface area contributed by atoms with Crippen LogP contribution in [0.4, 0.5) is 23.2 Å². The van der Waals surface area contributed by atoms with Crippen molar-refractivity contribution in [1.29, 1.82) is 0 Å². The first kappa shape index (κ1) is 27.2. The van der Waals surface area contributed by atoms with E-state index in [2.05, 4.69) is 4.74 Å². The van der Waals surface area contributed by atoms with Gasteiger partial charge in [0, 0.05) is 30.8 Å². The van der Waals surface area contributed by atoms with Gasteiger partial charge in [0.15, 0.2) is 0 Å². The second kappa shape index (κ2) is 10.7. The van der Waals surface area contributed by atoms with Crippen LogP contribution in [0.3, 0.4) is 0 Å². The molecule has 1 fully saturated rings. The van der Waals surface area contributed by atoms with Crippen LogP contribution in [0.25, 0.3) is 0 Å². The third kappa shape index (κ3) is 7.52. The smallest absolute Gasteiger partial charge is 0.492 e. The first-order valence-corrected chi connectivity index (χ1v) is 12.8. The van der Waals surface area contributed by atoms with Crippen molar-refractivity contribution in [3.8, 4) is 11.5 Å². The number of rotatable bonds is 8. The monoisotopic (exact) mass is 558 g/mol. The van der Waals surface area contributed by atoms with Crippen LogP contribution in [0.2, 0.25) is 10.0 Å². The van der Waals surface area contributed by atoms with Crippen LogP contribution in [0, 0.1) is 5.82 Å². The van der Waals surface area contributed by atoms with Gasteiger partial charge in [0.05, 0.1) is 28.5 Å². The van der Waals surface area contributed by atoms with Crippen molar-refractivity contribution in [2.75, 3.05) is 24.3 Å². The number of ether oxygens (including phenoxy) is 2. The summed E-state index contributed by atoms with van der Waals surface area (Å²) < 4.78 is 85.2. The van der Waals surface area contributed by atoms with Gasteiger partial charge >= 0.3 is 6.36 Å². The van der Waals surface area contributed by atoms with Crippen molar-refractivity contribution in [3.05, 3.63) is 51.8 Å². The molecule has 1 heterocycles. The zero-order valence-electron chi connectivity index (χ0n) is 18.2. The number of hydrogen-bond donors (Lipinski definition) is 1. The zero-order chi connectivity index (χ0) is 26.0. The van der Waals surface area contributed by atoms with E-state index in [0.717, 1.165) is 37.3 Å². The Morgan fingerprint density at radius 1 is 1.17 bits per heavy atom. The topological polar surface area (TPSA) is 84.9 Å². The molecule has 0 spiro atoms. The Morgan fingerprint density at radius 2 is 1.86 bits per heavy atom. The molecule has 7 nitrogen and oxygen atoms in total. The maximum atomic E-state index is 14.3. The molecular formula is C21H20Cl2F4N2O5S. The van der Waals surface area contributed by atoms with Crippen LogP contribution in [0.15, 0.2) is 30.3 Å². The second-order valence-corrected chi connectivity index (χ2v) is 10.3. The summed E-state index contributed by atoms with van der Waals surface area (Å²) in [6.07, 6.45) is -1.99. The lowest BCUT2D eigenvalue weighted by Gasteiger charge is -2.27. The second-order valence-electron chi connectivity index (χ2n) is 7.75. The Kier molecular flexibility index (Phi) is 8.28. The summed E-state index contributed by atoms with van der Waals surface area (Å²) in [7, 11) is -3.89. The van der Waals surface area contributed by atoms with E-state index >= 15 is 0 Å². The van der Waals surface area contributed by atoms with Gasteiger partial charge in [-0.15, -0.1) is 13.2 Å². The van der Waals surface area contributed by atoms with E-state index in [1.54, 1.807) is 4.72 Å². The van der Waals surface area contributed by atoms with Crippen LogP contribution in [-0.2, 0) is 10.0 Å². The fraction of sp³-hybridized carbons (Fsp3) is 0.381. The molecule has 0 saturated carbocycles. The highest BCUT2D eigenvalue weighted by Crippen LogP contribution is 2.36. The van der Waals surface area contributed by atoms with Gasteiger partial charge in [-0.1, -0.05) is 23.2 Å². The fourth-order valence-corrected chi connectivity index (χ4v) is 4.57. The van der Waals surface area contributed by atoms with Gasteiger partial charge in [0.2, 0.25) is 10.0 Å². The fourth-order valence-electron chi connectivity index (χ4n) is 3.69. The van der Waals surface area contributed by atoms with Gasteiger partial charge in [0.1, 0.15) is 17.3 Å². The number of carbonyl (C=O) groups excluding carboxylic acids is 1. The minimum Gasteiger partial charge on any atom is -0.492 e. The molecule has 1 aliphatic heterocycles. The molecule has 2 aromatic carbocycles. The van der Waals surface area contributed by atoms with Crippen LogP contribution < -0.4 is 19.1 Å². The average Bonchev–Trinajstić information content (AvgIpc) is 3.18. The van der Waals surface area contributed by atoms with Crippen molar-refractivity contribution >= 4 is 44.8 Å². The number of sulfonamides is 1. The number of halogens is 6. The van der Waals surface area contributed by atoms with Crippen LogP contribution >= 0.6 is 23.2 Å². The maximum absolute atomic E-state index is 14.3. The summed E-state index contributed by atoms with van der Waals surface area (Å²) in [4.78, 5) is 13.9. The van der Waals surface area contributed by atoms with Gasteiger partial charge in [-0.25, -0.2) is 17.5 Å². The van der Waals surface area contributed by atoms with Crippen LogP contribution in [0.1, 0.15) is 29.6 Å². The molecule has 1 atom stereocenters. The molecule has 0 aromatic heterocycles.